The maximum absolute atomic E-state index is 15.5. The number of nitrogens with zero attached hydrogens (tertiary/aromatic N) is 1. The van der Waals surface area contributed by atoms with Crippen LogP contribution in [0, 0.1) is 5.82 Å². The molecule has 3 saturated heterocycles. The molecular weight excluding hydrogens is 417 g/mol. The molecule has 0 radical (unpaired) electrons. The van der Waals surface area contributed by atoms with Crippen LogP contribution >= 0.6 is 0 Å². The molecule has 3 fully saturated rings. The van der Waals surface area contributed by atoms with Crippen LogP contribution in [0.15, 0.2) is 12.1 Å². The summed E-state index contributed by atoms with van der Waals surface area (Å²) < 4.78 is 27.0. The first kappa shape index (κ1) is 21.5. The largest absolute Gasteiger partial charge is 0.380 e. The molecule has 0 bridgehead atoms. The van der Waals surface area contributed by atoms with Gasteiger partial charge in [0.15, 0.2) is 0 Å². The van der Waals surface area contributed by atoms with Crippen LogP contribution in [0.4, 0.5) is 4.39 Å². The SMILES string of the molecule is O=C1CCC(N2Cc3c(ccc(C[C@H]4OCCC[C@@H]4NC4CCOC4)c3F)C2=O)C(=O)N1. The lowest BCUT2D eigenvalue weighted by atomic mass is 9.93. The van der Waals surface area contributed by atoms with Crippen molar-refractivity contribution in [2.24, 2.45) is 0 Å². The van der Waals surface area contributed by atoms with E-state index < -0.39 is 17.8 Å². The highest BCUT2D eigenvalue weighted by atomic mass is 19.1. The summed E-state index contributed by atoms with van der Waals surface area (Å²) in [5.41, 5.74) is 1.13. The van der Waals surface area contributed by atoms with E-state index in [4.69, 9.17) is 9.47 Å². The predicted molar refractivity (Wildman–Crippen MR) is 111 cm³/mol. The fraction of sp³-hybridized carbons (Fsp3) is 0.609. The van der Waals surface area contributed by atoms with E-state index in [0.29, 0.717) is 42.4 Å². The van der Waals surface area contributed by atoms with Gasteiger partial charge in [-0.3, -0.25) is 19.7 Å². The van der Waals surface area contributed by atoms with Crippen LogP contribution in [0.5, 0.6) is 0 Å². The topological polar surface area (TPSA) is 97.0 Å². The Labute approximate surface area is 185 Å². The molecule has 1 aromatic carbocycles. The second-order valence-corrected chi connectivity index (χ2v) is 9.05. The van der Waals surface area contributed by atoms with Gasteiger partial charge in [0.1, 0.15) is 11.9 Å². The molecule has 9 heteroatoms. The van der Waals surface area contributed by atoms with Crippen LogP contribution < -0.4 is 10.6 Å². The molecule has 3 amide bonds. The van der Waals surface area contributed by atoms with E-state index in [1.54, 1.807) is 12.1 Å². The summed E-state index contributed by atoms with van der Waals surface area (Å²) >= 11 is 0. The Morgan fingerprint density at radius 1 is 1.16 bits per heavy atom. The summed E-state index contributed by atoms with van der Waals surface area (Å²) in [6.07, 6.45) is 3.59. The van der Waals surface area contributed by atoms with E-state index in [1.807, 2.05) is 0 Å². The van der Waals surface area contributed by atoms with Gasteiger partial charge >= 0.3 is 0 Å². The van der Waals surface area contributed by atoms with Gasteiger partial charge in [-0.15, -0.1) is 0 Å². The van der Waals surface area contributed by atoms with E-state index in [9.17, 15) is 14.4 Å². The second kappa shape index (κ2) is 8.88. The Bertz CT molecular complexity index is 932. The summed E-state index contributed by atoms with van der Waals surface area (Å²) in [4.78, 5) is 37.9. The molecule has 0 spiro atoms. The van der Waals surface area contributed by atoms with Gasteiger partial charge in [-0.2, -0.15) is 0 Å². The average Bonchev–Trinajstić information content (AvgIpc) is 3.40. The van der Waals surface area contributed by atoms with Gasteiger partial charge in [0.05, 0.1) is 19.3 Å². The van der Waals surface area contributed by atoms with Crippen molar-refractivity contribution in [2.75, 3.05) is 19.8 Å². The van der Waals surface area contributed by atoms with E-state index >= 15 is 4.39 Å². The average molecular weight is 445 g/mol. The van der Waals surface area contributed by atoms with E-state index in [0.717, 1.165) is 25.9 Å². The van der Waals surface area contributed by atoms with Gasteiger partial charge in [-0.25, -0.2) is 4.39 Å². The number of piperidine rings is 1. The minimum absolute atomic E-state index is 0.0345. The number of hydrogen-bond donors (Lipinski definition) is 2. The highest BCUT2D eigenvalue weighted by molar-refractivity contribution is 6.05. The maximum atomic E-state index is 15.5. The van der Waals surface area contributed by atoms with Gasteiger partial charge in [0.25, 0.3) is 5.91 Å². The first-order valence-corrected chi connectivity index (χ1v) is 11.4. The first-order chi connectivity index (χ1) is 15.5. The number of rotatable bonds is 5. The van der Waals surface area contributed by atoms with Crippen molar-refractivity contribution >= 4 is 17.7 Å². The number of hydrogen-bond acceptors (Lipinski definition) is 6. The fourth-order valence-corrected chi connectivity index (χ4v) is 5.23. The van der Waals surface area contributed by atoms with Crippen molar-refractivity contribution in [3.8, 4) is 0 Å². The number of ether oxygens (including phenoxy) is 2. The van der Waals surface area contributed by atoms with Gasteiger partial charge in [0, 0.05) is 49.3 Å². The molecule has 0 saturated carbocycles. The van der Waals surface area contributed by atoms with Crippen LogP contribution in [0.3, 0.4) is 0 Å². The number of imide groups is 1. The number of amides is 3. The van der Waals surface area contributed by atoms with Crippen molar-refractivity contribution in [2.45, 2.75) is 69.3 Å². The molecule has 172 valence electrons. The van der Waals surface area contributed by atoms with Gasteiger partial charge in [-0.1, -0.05) is 6.07 Å². The van der Waals surface area contributed by atoms with Crippen molar-refractivity contribution in [3.63, 3.8) is 0 Å². The number of fused-ring (bicyclic) bond motifs is 1. The summed E-state index contributed by atoms with van der Waals surface area (Å²) in [6, 6.07) is 2.99. The third-order valence-corrected chi connectivity index (χ3v) is 6.97. The molecule has 4 aliphatic rings. The van der Waals surface area contributed by atoms with Crippen LogP contribution in [-0.4, -0.2) is 66.7 Å². The smallest absolute Gasteiger partial charge is 0.255 e. The molecule has 2 unspecified atom stereocenters. The molecule has 32 heavy (non-hydrogen) atoms. The third-order valence-electron chi connectivity index (χ3n) is 6.97. The van der Waals surface area contributed by atoms with Gasteiger partial charge in [-0.05, 0) is 37.3 Å². The van der Waals surface area contributed by atoms with Crippen molar-refractivity contribution in [3.05, 3.63) is 34.6 Å². The van der Waals surface area contributed by atoms with E-state index in [-0.39, 0.29) is 43.3 Å². The van der Waals surface area contributed by atoms with Gasteiger partial charge < -0.3 is 19.7 Å². The van der Waals surface area contributed by atoms with Crippen LogP contribution in [0.25, 0.3) is 0 Å². The summed E-state index contributed by atoms with van der Waals surface area (Å²) in [7, 11) is 0. The lowest BCUT2D eigenvalue weighted by Gasteiger charge is -2.34. The predicted octanol–water partition coefficient (Wildman–Crippen LogP) is 1.06. The molecule has 8 nitrogen and oxygen atoms in total. The van der Waals surface area contributed by atoms with E-state index in [1.165, 1.54) is 4.90 Å². The molecule has 4 aliphatic heterocycles. The molecule has 4 heterocycles. The van der Waals surface area contributed by atoms with E-state index in [2.05, 4.69) is 10.6 Å². The zero-order valence-corrected chi connectivity index (χ0v) is 17.9. The van der Waals surface area contributed by atoms with Crippen LogP contribution in [-0.2, 0) is 32.0 Å². The Hall–Kier alpha value is -2.36. The Kier molecular flexibility index (Phi) is 5.96. The number of benzene rings is 1. The third kappa shape index (κ3) is 4.04. The normalized spacial score (nSPS) is 30.5. The lowest BCUT2D eigenvalue weighted by molar-refractivity contribution is -0.136. The zero-order valence-electron chi connectivity index (χ0n) is 17.9. The lowest BCUT2D eigenvalue weighted by Crippen LogP contribution is -2.52. The highest BCUT2D eigenvalue weighted by Gasteiger charge is 2.41. The molecule has 0 aliphatic carbocycles. The summed E-state index contributed by atoms with van der Waals surface area (Å²) in [6.45, 7) is 2.13. The number of nitrogens with one attached hydrogen (secondary N) is 2. The first-order valence-electron chi connectivity index (χ1n) is 11.4. The van der Waals surface area contributed by atoms with Crippen molar-refractivity contribution in [1.82, 2.24) is 15.5 Å². The number of carbonyl (C=O) groups is 3. The Morgan fingerprint density at radius 2 is 2.03 bits per heavy atom. The van der Waals surface area contributed by atoms with Crippen LogP contribution in [0.1, 0.15) is 53.6 Å². The second-order valence-electron chi connectivity index (χ2n) is 9.05. The molecule has 1 aromatic rings. The minimum Gasteiger partial charge on any atom is -0.380 e. The highest BCUT2D eigenvalue weighted by Crippen LogP contribution is 2.32. The molecule has 5 rings (SSSR count). The molecular formula is C23H28FN3O5. The fourth-order valence-electron chi connectivity index (χ4n) is 5.23. The Balaban J connectivity index is 1.32. The van der Waals surface area contributed by atoms with Crippen molar-refractivity contribution in [1.29, 1.82) is 0 Å². The molecule has 0 aromatic heterocycles. The van der Waals surface area contributed by atoms with Crippen LogP contribution in [0.2, 0.25) is 0 Å². The number of halogens is 1. The summed E-state index contributed by atoms with van der Waals surface area (Å²) in [5, 5.41) is 5.89. The standard InChI is InChI=1S/C23H28FN3O5/c24-21-13(10-19-17(2-1-8-32-19)25-14-7-9-31-12-14)3-4-15-16(21)11-27(23(15)30)18-5-6-20(28)26-22(18)29/h3-4,14,17-19,25H,1-2,5-12H2,(H,26,28,29)/t14?,17-,18?,19+/m0/s1. The Morgan fingerprint density at radius 3 is 2.81 bits per heavy atom. The van der Waals surface area contributed by atoms with Crippen molar-refractivity contribution < 1.29 is 28.2 Å². The monoisotopic (exact) mass is 445 g/mol. The quantitative estimate of drug-likeness (QED) is 0.658. The summed E-state index contributed by atoms with van der Waals surface area (Å²) in [5.74, 6) is -1.61. The molecule has 2 N–H and O–H groups in total. The minimum atomic E-state index is -0.751. The molecule has 4 atom stereocenters. The number of carbonyl (C=O) groups excluding carboxylic acids is 3. The van der Waals surface area contributed by atoms with Gasteiger partial charge in [0.2, 0.25) is 11.8 Å². The maximum Gasteiger partial charge on any atom is 0.255 e. The zero-order chi connectivity index (χ0) is 22.2.